The normalized spacial score (nSPS) is 18.1. The van der Waals surface area contributed by atoms with Crippen LogP contribution in [-0.4, -0.2) is 18.3 Å². The second-order valence-electron chi connectivity index (χ2n) is 4.70. The summed E-state index contributed by atoms with van der Waals surface area (Å²) in [6.07, 6.45) is 2.36. The summed E-state index contributed by atoms with van der Waals surface area (Å²) in [5.41, 5.74) is 1.63. The van der Waals surface area contributed by atoms with Crippen LogP contribution in [0.25, 0.3) is 0 Å². The minimum atomic E-state index is 0.221. The van der Waals surface area contributed by atoms with Crippen LogP contribution >= 0.6 is 11.3 Å². The Labute approximate surface area is 95.3 Å². The SMILES string of the molecule is Cc1cc(CNCC2(CO)CC2)c(C)s1. The standard InChI is InChI=1S/C12H19NOS/c1-9-5-11(10(2)15-9)6-13-7-12(8-14)3-4-12/h5,13-14H,3-4,6-8H2,1-2H3. The minimum absolute atomic E-state index is 0.221. The molecule has 3 heteroatoms. The maximum absolute atomic E-state index is 9.17. The van der Waals surface area contributed by atoms with Crippen molar-refractivity contribution in [2.45, 2.75) is 33.2 Å². The lowest BCUT2D eigenvalue weighted by Crippen LogP contribution is -2.26. The number of hydrogen-bond acceptors (Lipinski definition) is 3. The fourth-order valence-electron chi connectivity index (χ4n) is 1.89. The second-order valence-corrected chi connectivity index (χ2v) is 6.16. The van der Waals surface area contributed by atoms with Crippen molar-refractivity contribution in [3.05, 3.63) is 21.4 Å². The topological polar surface area (TPSA) is 32.3 Å². The van der Waals surface area contributed by atoms with Crippen LogP contribution in [0.2, 0.25) is 0 Å². The smallest absolute Gasteiger partial charge is 0.0499 e. The Balaban J connectivity index is 1.81. The van der Waals surface area contributed by atoms with Gasteiger partial charge in [0.05, 0.1) is 0 Å². The predicted octanol–water partition coefficient (Wildman–Crippen LogP) is 2.23. The number of thiophene rings is 1. The fraction of sp³-hybridized carbons (Fsp3) is 0.667. The highest BCUT2D eigenvalue weighted by Crippen LogP contribution is 2.44. The van der Waals surface area contributed by atoms with Crippen LogP contribution < -0.4 is 5.32 Å². The highest BCUT2D eigenvalue weighted by Gasteiger charge is 2.41. The van der Waals surface area contributed by atoms with E-state index in [4.69, 9.17) is 0 Å². The molecule has 15 heavy (non-hydrogen) atoms. The molecule has 1 aliphatic rings. The molecule has 1 saturated carbocycles. The molecule has 0 radical (unpaired) electrons. The van der Waals surface area contributed by atoms with Crippen molar-refractivity contribution in [2.24, 2.45) is 5.41 Å². The van der Waals surface area contributed by atoms with Crippen LogP contribution in [-0.2, 0) is 6.54 Å². The summed E-state index contributed by atoms with van der Waals surface area (Å²) in [7, 11) is 0. The van der Waals surface area contributed by atoms with Gasteiger partial charge < -0.3 is 10.4 Å². The average molecular weight is 225 g/mol. The molecule has 0 amide bonds. The van der Waals surface area contributed by atoms with E-state index in [-0.39, 0.29) is 5.41 Å². The van der Waals surface area contributed by atoms with E-state index < -0.39 is 0 Å². The molecule has 2 rings (SSSR count). The molecule has 2 nitrogen and oxygen atoms in total. The van der Waals surface area contributed by atoms with Gasteiger partial charge in [0, 0.05) is 34.9 Å². The number of aryl methyl sites for hydroxylation is 2. The van der Waals surface area contributed by atoms with Crippen molar-refractivity contribution in [1.82, 2.24) is 5.32 Å². The van der Waals surface area contributed by atoms with Crippen LogP contribution in [0.4, 0.5) is 0 Å². The molecule has 1 aromatic rings. The van der Waals surface area contributed by atoms with Crippen LogP contribution in [0, 0.1) is 19.3 Å². The lowest BCUT2D eigenvalue weighted by Gasteiger charge is -2.12. The first kappa shape index (κ1) is 11.1. The van der Waals surface area contributed by atoms with Crippen LogP contribution in [0.1, 0.15) is 28.2 Å². The zero-order valence-corrected chi connectivity index (χ0v) is 10.3. The van der Waals surface area contributed by atoms with Gasteiger partial charge in [0.1, 0.15) is 0 Å². The molecule has 1 aromatic heterocycles. The van der Waals surface area contributed by atoms with E-state index in [1.54, 1.807) is 0 Å². The van der Waals surface area contributed by atoms with E-state index in [0.717, 1.165) is 13.1 Å². The van der Waals surface area contributed by atoms with Crippen molar-refractivity contribution < 1.29 is 5.11 Å². The fourth-order valence-corrected chi connectivity index (χ4v) is 2.84. The maximum atomic E-state index is 9.17. The summed E-state index contributed by atoms with van der Waals surface area (Å²) in [6, 6.07) is 2.26. The monoisotopic (exact) mass is 225 g/mol. The van der Waals surface area contributed by atoms with Gasteiger partial charge in [0.2, 0.25) is 0 Å². The third-order valence-electron chi connectivity index (χ3n) is 3.25. The molecule has 0 aromatic carbocycles. The number of hydrogen-bond donors (Lipinski definition) is 2. The Kier molecular flexibility index (Phi) is 3.14. The van der Waals surface area contributed by atoms with Crippen molar-refractivity contribution in [2.75, 3.05) is 13.2 Å². The predicted molar refractivity (Wildman–Crippen MR) is 64.3 cm³/mol. The van der Waals surface area contributed by atoms with Gasteiger partial charge in [-0.15, -0.1) is 11.3 Å². The largest absolute Gasteiger partial charge is 0.396 e. The highest BCUT2D eigenvalue weighted by molar-refractivity contribution is 7.12. The zero-order chi connectivity index (χ0) is 10.9. The van der Waals surface area contributed by atoms with Gasteiger partial charge in [-0.25, -0.2) is 0 Å². The van der Waals surface area contributed by atoms with Crippen molar-refractivity contribution in [1.29, 1.82) is 0 Å². The van der Waals surface area contributed by atoms with Crippen LogP contribution in [0.15, 0.2) is 6.07 Å². The first-order valence-corrected chi connectivity index (χ1v) is 6.34. The molecule has 0 atom stereocenters. The first-order valence-electron chi connectivity index (χ1n) is 5.53. The summed E-state index contributed by atoms with van der Waals surface area (Å²) in [6.45, 7) is 6.56. The number of nitrogens with one attached hydrogen (secondary N) is 1. The lowest BCUT2D eigenvalue weighted by atomic mass is 10.1. The van der Waals surface area contributed by atoms with Crippen molar-refractivity contribution >= 4 is 11.3 Å². The van der Waals surface area contributed by atoms with E-state index in [9.17, 15) is 5.11 Å². The summed E-state index contributed by atoms with van der Waals surface area (Å²) < 4.78 is 0. The lowest BCUT2D eigenvalue weighted by molar-refractivity contribution is 0.207. The van der Waals surface area contributed by atoms with Gasteiger partial charge >= 0.3 is 0 Å². The van der Waals surface area contributed by atoms with Gasteiger partial charge in [-0.05, 0) is 38.3 Å². The van der Waals surface area contributed by atoms with E-state index in [2.05, 4.69) is 25.2 Å². The maximum Gasteiger partial charge on any atom is 0.0499 e. The summed E-state index contributed by atoms with van der Waals surface area (Å²) in [5, 5.41) is 12.6. The molecule has 0 unspecified atom stereocenters. The Hall–Kier alpha value is -0.380. The molecular formula is C12H19NOS. The minimum Gasteiger partial charge on any atom is -0.396 e. The van der Waals surface area contributed by atoms with Gasteiger partial charge in [0.25, 0.3) is 0 Å². The van der Waals surface area contributed by atoms with E-state index in [1.807, 2.05) is 11.3 Å². The Morgan fingerprint density at radius 1 is 1.47 bits per heavy atom. The summed E-state index contributed by atoms with van der Waals surface area (Å²) >= 11 is 1.86. The molecule has 1 aliphatic carbocycles. The summed E-state index contributed by atoms with van der Waals surface area (Å²) in [4.78, 5) is 2.79. The molecule has 0 spiro atoms. The third-order valence-corrected chi connectivity index (χ3v) is 4.26. The third kappa shape index (κ3) is 2.60. The van der Waals surface area contributed by atoms with Gasteiger partial charge in [-0.1, -0.05) is 0 Å². The van der Waals surface area contributed by atoms with Gasteiger partial charge in [-0.3, -0.25) is 0 Å². The zero-order valence-electron chi connectivity index (χ0n) is 9.47. The van der Waals surface area contributed by atoms with E-state index in [1.165, 1.54) is 28.2 Å². The molecule has 0 saturated heterocycles. The quantitative estimate of drug-likeness (QED) is 0.805. The Morgan fingerprint density at radius 2 is 2.20 bits per heavy atom. The molecule has 1 heterocycles. The first-order chi connectivity index (χ1) is 7.15. The molecule has 1 fully saturated rings. The molecular weight excluding hydrogens is 206 g/mol. The molecule has 2 N–H and O–H groups in total. The van der Waals surface area contributed by atoms with Gasteiger partial charge in [0.15, 0.2) is 0 Å². The van der Waals surface area contributed by atoms with E-state index >= 15 is 0 Å². The van der Waals surface area contributed by atoms with Crippen LogP contribution in [0.5, 0.6) is 0 Å². The Bertz CT molecular complexity index is 341. The van der Waals surface area contributed by atoms with Crippen LogP contribution in [0.3, 0.4) is 0 Å². The molecule has 84 valence electrons. The second kappa shape index (κ2) is 4.24. The van der Waals surface area contributed by atoms with Gasteiger partial charge in [-0.2, -0.15) is 0 Å². The molecule has 0 aliphatic heterocycles. The van der Waals surface area contributed by atoms with Crippen molar-refractivity contribution in [3.63, 3.8) is 0 Å². The van der Waals surface area contributed by atoms with E-state index in [0.29, 0.717) is 6.61 Å². The summed E-state index contributed by atoms with van der Waals surface area (Å²) in [5.74, 6) is 0. The van der Waals surface area contributed by atoms with Crippen molar-refractivity contribution in [3.8, 4) is 0 Å². The Morgan fingerprint density at radius 3 is 2.67 bits per heavy atom. The highest BCUT2D eigenvalue weighted by atomic mass is 32.1. The number of aliphatic hydroxyl groups excluding tert-OH is 1. The average Bonchev–Trinajstić information content (AvgIpc) is 2.90. The number of rotatable bonds is 5. The number of aliphatic hydroxyl groups is 1. The molecule has 0 bridgehead atoms.